The normalized spacial score (nSPS) is 25.4. The van der Waals surface area contributed by atoms with Crippen LogP contribution in [0.2, 0.25) is 0 Å². The van der Waals surface area contributed by atoms with Crippen molar-refractivity contribution in [1.82, 2.24) is 10.6 Å². The Hall–Kier alpha value is -1.98. The molecule has 3 N–H and O–H groups in total. The molecule has 0 spiro atoms. The lowest BCUT2D eigenvalue weighted by atomic mass is 9.85. The van der Waals surface area contributed by atoms with Crippen LogP contribution in [0.1, 0.15) is 31.9 Å². The van der Waals surface area contributed by atoms with E-state index >= 15 is 0 Å². The topological polar surface area (TPSA) is 91.6 Å². The maximum Gasteiger partial charge on any atom is 0.315 e. The first-order valence-electron chi connectivity index (χ1n) is 6.82. The van der Waals surface area contributed by atoms with E-state index in [1.54, 1.807) is 19.3 Å². The van der Waals surface area contributed by atoms with E-state index in [2.05, 4.69) is 10.6 Å². The van der Waals surface area contributed by atoms with Gasteiger partial charge in [0.2, 0.25) is 0 Å². The number of amides is 2. The second-order valence-electron chi connectivity index (χ2n) is 5.40. The molecule has 1 saturated carbocycles. The van der Waals surface area contributed by atoms with Crippen molar-refractivity contribution in [2.75, 3.05) is 6.54 Å². The maximum absolute atomic E-state index is 11.8. The van der Waals surface area contributed by atoms with Crippen LogP contribution in [0.5, 0.6) is 0 Å². The largest absolute Gasteiger partial charge is 0.481 e. The van der Waals surface area contributed by atoms with Gasteiger partial charge in [0.05, 0.1) is 11.7 Å². The minimum absolute atomic E-state index is 0.316. The number of hydrogen-bond acceptors (Lipinski definition) is 3. The Morgan fingerprint density at radius 2 is 2.35 bits per heavy atom. The summed E-state index contributed by atoms with van der Waals surface area (Å²) in [6, 6.07) is 3.00. The van der Waals surface area contributed by atoms with Crippen LogP contribution in [0, 0.1) is 5.41 Å². The van der Waals surface area contributed by atoms with E-state index in [0.717, 1.165) is 12.2 Å². The third kappa shape index (κ3) is 3.12. The summed E-state index contributed by atoms with van der Waals surface area (Å²) in [7, 11) is 0. The number of carboxylic acid groups (broad SMARTS) is 1. The zero-order valence-electron chi connectivity index (χ0n) is 11.5. The minimum Gasteiger partial charge on any atom is -0.481 e. The van der Waals surface area contributed by atoms with Crippen LogP contribution in [-0.4, -0.2) is 29.7 Å². The number of hydrogen-bond donors (Lipinski definition) is 3. The summed E-state index contributed by atoms with van der Waals surface area (Å²) in [4.78, 5) is 23.1. The number of carbonyl (C=O) groups is 2. The minimum atomic E-state index is -0.863. The van der Waals surface area contributed by atoms with E-state index in [0.29, 0.717) is 25.8 Å². The van der Waals surface area contributed by atoms with Crippen molar-refractivity contribution in [3.63, 3.8) is 0 Å². The molecular weight excluding hydrogens is 260 g/mol. The number of rotatable bonds is 5. The van der Waals surface area contributed by atoms with Gasteiger partial charge < -0.3 is 20.2 Å². The summed E-state index contributed by atoms with van der Waals surface area (Å²) in [5, 5.41) is 14.8. The van der Waals surface area contributed by atoms with Gasteiger partial charge in [0.15, 0.2) is 0 Å². The van der Waals surface area contributed by atoms with Gasteiger partial charge in [0, 0.05) is 19.0 Å². The summed E-state index contributed by atoms with van der Waals surface area (Å²) < 4.78 is 5.16. The zero-order chi connectivity index (χ0) is 14.6. The molecule has 2 amide bonds. The highest BCUT2D eigenvalue weighted by atomic mass is 16.4. The first-order chi connectivity index (χ1) is 9.52. The molecule has 6 nitrogen and oxygen atoms in total. The number of furan rings is 1. The number of carbonyl (C=O) groups excluding carboxylic acids is 1. The molecule has 2 atom stereocenters. The lowest BCUT2D eigenvalue weighted by Gasteiger charge is -2.27. The molecule has 1 aromatic rings. The van der Waals surface area contributed by atoms with Crippen LogP contribution in [0.15, 0.2) is 22.8 Å². The molecule has 1 heterocycles. The highest BCUT2D eigenvalue weighted by Crippen LogP contribution is 2.38. The van der Waals surface area contributed by atoms with Crippen LogP contribution < -0.4 is 10.6 Å². The third-order valence-corrected chi connectivity index (χ3v) is 3.99. The van der Waals surface area contributed by atoms with Gasteiger partial charge >= 0.3 is 12.0 Å². The lowest BCUT2D eigenvalue weighted by Crippen LogP contribution is -2.50. The Labute approximate surface area is 117 Å². The van der Waals surface area contributed by atoms with E-state index in [9.17, 15) is 14.7 Å². The Balaban J connectivity index is 1.78. The second-order valence-corrected chi connectivity index (χ2v) is 5.40. The number of urea groups is 1. The van der Waals surface area contributed by atoms with Gasteiger partial charge in [0.25, 0.3) is 0 Å². The van der Waals surface area contributed by atoms with Crippen molar-refractivity contribution in [3.8, 4) is 0 Å². The van der Waals surface area contributed by atoms with Gasteiger partial charge in [-0.25, -0.2) is 4.79 Å². The van der Waals surface area contributed by atoms with Crippen LogP contribution in [0.3, 0.4) is 0 Å². The van der Waals surface area contributed by atoms with Gasteiger partial charge in [-0.05, 0) is 31.9 Å². The first-order valence-corrected chi connectivity index (χ1v) is 6.82. The number of aliphatic carboxylic acids is 1. The van der Waals surface area contributed by atoms with Crippen LogP contribution in [-0.2, 0) is 11.2 Å². The van der Waals surface area contributed by atoms with Crippen LogP contribution in [0.4, 0.5) is 4.79 Å². The molecular formula is C14H20N2O4. The summed E-state index contributed by atoms with van der Waals surface area (Å²) in [5.41, 5.74) is -0.863. The maximum atomic E-state index is 11.8. The quantitative estimate of drug-likeness (QED) is 0.766. The molecule has 0 saturated heterocycles. The van der Waals surface area contributed by atoms with Gasteiger partial charge in [-0.15, -0.1) is 0 Å². The summed E-state index contributed by atoms with van der Waals surface area (Å²) in [5.74, 6) is -0.0440. The Morgan fingerprint density at radius 3 is 3.00 bits per heavy atom. The summed E-state index contributed by atoms with van der Waals surface area (Å²) in [6.07, 6.45) is 4.32. The summed E-state index contributed by atoms with van der Waals surface area (Å²) in [6.45, 7) is 2.14. The van der Waals surface area contributed by atoms with Gasteiger partial charge in [0.1, 0.15) is 5.76 Å². The zero-order valence-corrected chi connectivity index (χ0v) is 11.5. The Kier molecular flexibility index (Phi) is 4.32. The Bertz CT molecular complexity index is 472. The molecule has 0 radical (unpaired) electrons. The first kappa shape index (κ1) is 14.4. The fraction of sp³-hybridized carbons (Fsp3) is 0.571. The molecule has 1 fully saturated rings. The molecule has 0 bridgehead atoms. The predicted octanol–water partition coefficient (Wildman–Crippen LogP) is 1.76. The van der Waals surface area contributed by atoms with Crippen LogP contribution >= 0.6 is 0 Å². The molecule has 1 aromatic heterocycles. The molecule has 1 aliphatic carbocycles. The third-order valence-electron chi connectivity index (χ3n) is 3.99. The highest BCUT2D eigenvalue weighted by molar-refractivity contribution is 5.79. The molecule has 0 aromatic carbocycles. The van der Waals surface area contributed by atoms with Gasteiger partial charge in [-0.1, -0.05) is 6.42 Å². The van der Waals surface area contributed by atoms with E-state index < -0.39 is 11.4 Å². The monoisotopic (exact) mass is 280 g/mol. The van der Waals surface area contributed by atoms with E-state index in [-0.39, 0.29) is 12.1 Å². The van der Waals surface area contributed by atoms with Crippen molar-refractivity contribution in [2.24, 2.45) is 5.41 Å². The second kappa shape index (κ2) is 5.98. The van der Waals surface area contributed by atoms with Crippen molar-refractivity contribution in [2.45, 2.75) is 38.6 Å². The van der Waals surface area contributed by atoms with Crippen molar-refractivity contribution < 1.29 is 19.1 Å². The standard InChI is InChI=1S/C14H20N2O4/c1-14(12(17)18)7-2-5-11(14)16-13(19)15-8-6-10-4-3-9-20-10/h3-4,9,11H,2,5-8H2,1H3,(H,17,18)(H2,15,16,19). The smallest absolute Gasteiger partial charge is 0.315 e. The van der Waals surface area contributed by atoms with Crippen molar-refractivity contribution in [1.29, 1.82) is 0 Å². The Morgan fingerprint density at radius 1 is 1.55 bits per heavy atom. The highest BCUT2D eigenvalue weighted by Gasteiger charge is 2.45. The SMILES string of the molecule is CC1(C(=O)O)CCCC1NC(=O)NCCc1ccco1. The van der Waals surface area contributed by atoms with Crippen molar-refractivity contribution in [3.05, 3.63) is 24.2 Å². The predicted molar refractivity (Wildman–Crippen MR) is 72.3 cm³/mol. The lowest BCUT2D eigenvalue weighted by molar-refractivity contribution is -0.148. The van der Waals surface area contributed by atoms with Crippen LogP contribution in [0.25, 0.3) is 0 Å². The fourth-order valence-corrected chi connectivity index (χ4v) is 2.62. The van der Waals surface area contributed by atoms with E-state index in [4.69, 9.17) is 4.42 Å². The van der Waals surface area contributed by atoms with Gasteiger partial charge in [-0.3, -0.25) is 4.79 Å². The fourth-order valence-electron chi connectivity index (χ4n) is 2.62. The molecule has 2 unspecified atom stereocenters. The molecule has 6 heteroatoms. The molecule has 2 rings (SSSR count). The molecule has 0 aliphatic heterocycles. The average molecular weight is 280 g/mol. The molecule has 1 aliphatic rings. The van der Waals surface area contributed by atoms with Crippen molar-refractivity contribution >= 4 is 12.0 Å². The van der Waals surface area contributed by atoms with Gasteiger partial charge in [-0.2, -0.15) is 0 Å². The molecule has 110 valence electrons. The average Bonchev–Trinajstić information content (AvgIpc) is 3.01. The van der Waals surface area contributed by atoms with E-state index in [1.165, 1.54) is 0 Å². The van der Waals surface area contributed by atoms with E-state index in [1.807, 2.05) is 6.07 Å². The number of nitrogens with one attached hydrogen (secondary N) is 2. The number of carboxylic acids is 1. The molecule has 20 heavy (non-hydrogen) atoms. The summed E-state index contributed by atoms with van der Waals surface area (Å²) >= 11 is 0.